The minimum Gasteiger partial charge on any atom is -0.383 e. The molecule has 5 heteroatoms. The number of nitrogen functional groups attached to an aromatic ring is 1. The van der Waals surface area contributed by atoms with Crippen molar-refractivity contribution in [1.29, 1.82) is 0 Å². The topological polar surface area (TPSA) is 55.0 Å². The molecule has 0 aliphatic rings. The van der Waals surface area contributed by atoms with Crippen LogP contribution < -0.4 is 10.6 Å². The van der Waals surface area contributed by atoms with E-state index >= 15 is 0 Å². The lowest BCUT2D eigenvalue weighted by Crippen LogP contribution is -2.18. The van der Waals surface area contributed by atoms with Gasteiger partial charge in [0.1, 0.15) is 10.6 Å². The summed E-state index contributed by atoms with van der Waals surface area (Å²) < 4.78 is 0. The zero-order valence-corrected chi connectivity index (χ0v) is 12.3. The maximum atomic E-state index is 5.98. The highest BCUT2D eigenvalue weighted by molar-refractivity contribution is 7.16. The van der Waals surface area contributed by atoms with Crippen LogP contribution in [0.3, 0.4) is 0 Å². The molecule has 0 unspecified atom stereocenters. The fraction of sp³-hybridized carbons (Fsp3) is 0.200. The third kappa shape index (κ3) is 2.44. The number of benzene rings is 1. The van der Waals surface area contributed by atoms with Gasteiger partial charge in [-0.2, -0.15) is 0 Å². The van der Waals surface area contributed by atoms with Crippen LogP contribution in [0.1, 0.15) is 11.4 Å². The second-order valence-electron chi connectivity index (χ2n) is 4.86. The van der Waals surface area contributed by atoms with Gasteiger partial charge >= 0.3 is 0 Å². The van der Waals surface area contributed by atoms with Crippen molar-refractivity contribution in [2.75, 3.05) is 17.7 Å². The molecule has 0 bridgehead atoms. The highest BCUT2D eigenvalue weighted by Crippen LogP contribution is 2.24. The molecule has 2 aromatic heterocycles. The van der Waals surface area contributed by atoms with Crippen molar-refractivity contribution in [2.45, 2.75) is 13.5 Å². The number of fused-ring (bicyclic) bond motifs is 1. The molecule has 0 saturated heterocycles. The van der Waals surface area contributed by atoms with Crippen molar-refractivity contribution < 1.29 is 0 Å². The molecule has 0 spiro atoms. The molecule has 0 atom stereocenters. The predicted octanol–water partition coefficient (Wildman–Crippen LogP) is 3.22. The van der Waals surface area contributed by atoms with Crippen LogP contribution in [0.2, 0.25) is 0 Å². The van der Waals surface area contributed by atoms with Crippen molar-refractivity contribution in [1.82, 2.24) is 9.97 Å². The van der Waals surface area contributed by atoms with E-state index in [1.807, 2.05) is 18.5 Å². The van der Waals surface area contributed by atoms with Gasteiger partial charge in [-0.05, 0) is 36.1 Å². The number of anilines is 2. The van der Waals surface area contributed by atoms with Crippen molar-refractivity contribution in [3.05, 3.63) is 47.1 Å². The number of aromatic nitrogens is 2. The smallest absolute Gasteiger partial charge is 0.151 e. The summed E-state index contributed by atoms with van der Waals surface area (Å²) in [5.41, 5.74) is 8.37. The minimum absolute atomic E-state index is 0.559. The number of thiophene rings is 1. The molecule has 4 nitrogen and oxygen atoms in total. The maximum absolute atomic E-state index is 5.98. The Hall–Kier alpha value is -2.14. The summed E-state index contributed by atoms with van der Waals surface area (Å²) >= 11 is 1.59. The molecule has 0 fully saturated rings. The average molecular weight is 284 g/mol. The summed E-state index contributed by atoms with van der Waals surface area (Å²) in [5, 5.41) is 2.93. The van der Waals surface area contributed by atoms with E-state index in [9.17, 15) is 0 Å². The fourth-order valence-corrected chi connectivity index (χ4v) is 2.95. The number of nitrogens with zero attached hydrogens (tertiary/aromatic N) is 3. The van der Waals surface area contributed by atoms with Gasteiger partial charge in [0.05, 0.1) is 11.9 Å². The molecule has 0 saturated carbocycles. The molecule has 0 aliphatic heterocycles. The van der Waals surface area contributed by atoms with Crippen LogP contribution >= 0.6 is 11.3 Å². The van der Waals surface area contributed by atoms with Gasteiger partial charge < -0.3 is 10.6 Å². The van der Waals surface area contributed by atoms with E-state index in [0.717, 1.165) is 21.7 Å². The molecular formula is C15H16N4S. The third-order valence-electron chi connectivity index (χ3n) is 3.22. The van der Waals surface area contributed by atoms with Gasteiger partial charge in [0.2, 0.25) is 0 Å². The summed E-state index contributed by atoms with van der Waals surface area (Å²) in [6.07, 6.45) is 0. The van der Waals surface area contributed by atoms with Crippen molar-refractivity contribution in [2.24, 2.45) is 0 Å². The molecular weight excluding hydrogens is 268 g/mol. The second kappa shape index (κ2) is 5.09. The van der Waals surface area contributed by atoms with Gasteiger partial charge in [-0.15, -0.1) is 11.3 Å². The first-order valence-electron chi connectivity index (χ1n) is 6.41. The van der Waals surface area contributed by atoms with Crippen molar-refractivity contribution >= 4 is 33.1 Å². The lowest BCUT2D eigenvalue weighted by Gasteiger charge is -2.19. The van der Waals surface area contributed by atoms with Crippen molar-refractivity contribution in [3.63, 3.8) is 0 Å². The lowest BCUT2D eigenvalue weighted by atomic mass is 10.2. The molecule has 20 heavy (non-hydrogen) atoms. The summed E-state index contributed by atoms with van der Waals surface area (Å²) in [4.78, 5) is 12.0. The number of hydrogen-bond donors (Lipinski definition) is 1. The summed E-state index contributed by atoms with van der Waals surface area (Å²) in [7, 11) is 2.03. The number of aryl methyl sites for hydroxylation is 1. The molecule has 0 radical (unpaired) electrons. The van der Waals surface area contributed by atoms with Crippen LogP contribution in [-0.2, 0) is 6.54 Å². The van der Waals surface area contributed by atoms with Gasteiger partial charge in [0.25, 0.3) is 0 Å². The fourth-order valence-electron chi connectivity index (χ4n) is 2.16. The third-order valence-corrected chi connectivity index (χ3v) is 4.03. The second-order valence-corrected chi connectivity index (χ2v) is 5.75. The Morgan fingerprint density at radius 1 is 1.25 bits per heavy atom. The Labute approximate surface area is 121 Å². The van der Waals surface area contributed by atoms with E-state index in [-0.39, 0.29) is 0 Å². The first-order chi connectivity index (χ1) is 9.63. The van der Waals surface area contributed by atoms with Crippen LogP contribution in [0, 0.1) is 6.92 Å². The zero-order valence-electron chi connectivity index (χ0n) is 11.5. The quantitative estimate of drug-likeness (QED) is 0.802. The molecule has 3 aromatic rings. The highest BCUT2D eigenvalue weighted by atomic mass is 32.1. The Bertz CT molecular complexity index is 750. The molecule has 0 aliphatic carbocycles. The molecule has 3 rings (SSSR count). The monoisotopic (exact) mass is 284 g/mol. The van der Waals surface area contributed by atoms with E-state index in [1.165, 1.54) is 5.56 Å². The molecule has 2 heterocycles. The average Bonchev–Trinajstić information content (AvgIpc) is 2.87. The zero-order chi connectivity index (χ0) is 14.1. The van der Waals surface area contributed by atoms with Gasteiger partial charge in [-0.25, -0.2) is 9.97 Å². The highest BCUT2D eigenvalue weighted by Gasteiger charge is 2.09. The number of nitrogens with two attached hydrogens (primary N) is 1. The number of rotatable bonds is 3. The standard InChI is InChI=1S/C15H16N4S/c1-10-4-3-5-11(8-10)19(2)9-13-17-14(16)12-6-7-20-15(12)18-13/h3-8H,9H2,1-2H3,(H2,16,17,18). The van der Waals surface area contributed by atoms with Crippen LogP contribution in [-0.4, -0.2) is 17.0 Å². The summed E-state index contributed by atoms with van der Waals surface area (Å²) in [6, 6.07) is 10.3. The van der Waals surface area contributed by atoms with Gasteiger partial charge in [-0.3, -0.25) is 0 Å². The SMILES string of the molecule is Cc1cccc(N(C)Cc2nc(N)c3ccsc3n2)c1. The van der Waals surface area contributed by atoms with Crippen LogP contribution in [0.5, 0.6) is 0 Å². The largest absolute Gasteiger partial charge is 0.383 e. The molecule has 0 amide bonds. The number of hydrogen-bond acceptors (Lipinski definition) is 5. The summed E-state index contributed by atoms with van der Waals surface area (Å²) in [5.74, 6) is 1.31. The Kier molecular flexibility index (Phi) is 3.28. The van der Waals surface area contributed by atoms with Gasteiger partial charge in [-0.1, -0.05) is 12.1 Å². The first kappa shape index (κ1) is 12.9. The van der Waals surface area contributed by atoms with E-state index in [1.54, 1.807) is 11.3 Å². The maximum Gasteiger partial charge on any atom is 0.151 e. The first-order valence-corrected chi connectivity index (χ1v) is 7.29. The van der Waals surface area contributed by atoms with Crippen LogP contribution in [0.25, 0.3) is 10.2 Å². The van der Waals surface area contributed by atoms with Crippen molar-refractivity contribution in [3.8, 4) is 0 Å². The normalized spacial score (nSPS) is 10.9. The summed E-state index contributed by atoms with van der Waals surface area (Å²) in [6.45, 7) is 2.73. The van der Waals surface area contributed by atoms with Crippen LogP contribution in [0.4, 0.5) is 11.5 Å². The van der Waals surface area contributed by atoms with E-state index in [4.69, 9.17) is 5.73 Å². The minimum atomic E-state index is 0.559. The lowest BCUT2D eigenvalue weighted by molar-refractivity contribution is 0.851. The molecule has 102 valence electrons. The molecule has 1 aromatic carbocycles. The van der Waals surface area contributed by atoms with Crippen LogP contribution in [0.15, 0.2) is 35.7 Å². The Morgan fingerprint density at radius 2 is 2.10 bits per heavy atom. The Balaban J connectivity index is 1.88. The van der Waals surface area contributed by atoms with E-state index < -0.39 is 0 Å². The molecule has 2 N–H and O–H groups in total. The van der Waals surface area contributed by atoms with Gasteiger partial charge in [0, 0.05) is 12.7 Å². The van der Waals surface area contributed by atoms with E-state index in [0.29, 0.717) is 12.4 Å². The predicted molar refractivity (Wildman–Crippen MR) is 85.1 cm³/mol. The van der Waals surface area contributed by atoms with E-state index in [2.05, 4.69) is 46.1 Å². The Morgan fingerprint density at radius 3 is 2.90 bits per heavy atom. The van der Waals surface area contributed by atoms with Gasteiger partial charge in [0.15, 0.2) is 5.82 Å².